The maximum Gasteiger partial charge on any atom is 0.120 e. The lowest BCUT2D eigenvalue weighted by Crippen LogP contribution is -1.94. The van der Waals surface area contributed by atoms with E-state index in [-0.39, 0.29) is 0 Å². The minimum absolute atomic E-state index is 0.543. The van der Waals surface area contributed by atoms with E-state index in [2.05, 4.69) is 26.8 Å². The summed E-state index contributed by atoms with van der Waals surface area (Å²) in [6, 6.07) is 0. The van der Waals surface area contributed by atoms with Gasteiger partial charge in [0, 0.05) is 6.42 Å². The lowest BCUT2D eigenvalue weighted by Gasteiger charge is -2.05. The molecule has 0 aliphatic heterocycles. The second-order valence-corrected chi connectivity index (χ2v) is 5.30. The Bertz CT molecular complexity index is 206. The highest BCUT2D eigenvalue weighted by atomic mass is 16.1. The van der Waals surface area contributed by atoms with Crippen molar-refractivity contribution in [3.63, 3.8) is 0 Å². The average molecular weight is 238 g/mol. The molecular weight excluding hydrogens is 208 g/mol. The molecule has 0 bridgehead atoms. The second-order valence-electron chi connectivity index (χ2n) is 5.30. The molecule has 17 heavy (non-hydrogen) atoms. The first-order chi connectivity index (χ1) is 8.20. The van der Waals surface area contributed by atoms with E-state index in [1.54, 1.807) is 0 Å². The first-order valence-electron chi connectivity index (χ1n) is 7.30. The van der Waals surface area contributed by atoms with Crippen molar-refractivity contribution in [1.29, 1.82) is 0 Å². The maximum absolute atomic E-state index is 10.3. The summed E-state index contributed by atoms with van der Waals surface area (Å²) in [6.45, 7) is 6.65. The Kier molecular flexibility index (Phi) is 11.5. The van der Waals surface area contributed by atoms with E-state index in [0.717, 1.165) is 19.1 Å². The number of unbranched alkanes of at least 4 members (excludes halogenated alkanes) is 4. The molecular formula is C16H30O. The first kappa shape index (κ1) is 16.4. The summed E-state index contributed by atoms with van der Waals surface area (Å²) in [4.78, 5) is 10.3. The van der Waals surface area contributed by atoms with E-state index >= 15 is 0 Å². The van der Waals surface area contributed by atoms with Crippen molar-refractivity contribution in [3.05, 3.63) is 11.6 Å². The van der Waals surface area contributed by atoms with Crippen LogP contribution in [0, 0.1) is 5.92 Å². The number of hydrogen-bond acceptors (Lipinski definition) is 1. The zero-order valence-corrected chi connectivity index (χ0v) is 12.0. The third-order valence-corrected chi connectivity index (χ3v) is 3.33. The van der Waals surface area contributed by atoms with E-state index in [9.17, 15) is 4.79 Å². The minimum atomic E-state index is 0.543. The van der Waals surface area contributed by atoms with Gasteiger partial charge in [-0.15, -0.1) is 0 Å². The van der Waals surface area contributed by atoms with Gasteiger partial charge in [-0.3, -0.25) is 0 Å². The van der Waals surface area contributed by atoms with Crippen LogP contribution in [0.4, 0.5) is 0 Å². The minimum Gasteiger partial charge on any atom is -0.303 e. The predicted octanol–water partition coefficient (Wildman–Crippen LogP) is 5.30. The summed E-state index contributed by atoms with van der Waals surface area (Å²) < 4.78 is 0. The van der Waals surface area contributed by atoms with Gasteiger partial charge in [-0.2, -0.15) is 0 Å². The molecule has 0 aromatic carbocycles. The van der Waals surface area contributed by atoms with Crippen molar-refractivity contribution in [2.45, 2.75) is 78.6 Å². The number of rotatable bonds is 11. The Morgan fingerprint density at radius 1 is 1.18 bits per heavy atom. The molecule has 1 nitrogen and oxygen atoms in total. The summed E-state index contributed by atoms with van der Waals surface area (Å²) in [7, 11) is 0. The first-order valence-corrected chi connectivity index (χ1v) is 7.30. The molecule has 1 heteroatoms. The Balaban J connectivity index is 3.47. The van der Waals surface area contributed by atoms with Gasteiger partial charge >= 0.3 is 0 Å². The van der Waals surface area contributed by atoms with E-state index in [0.29, 0.717) is 12.3 Å². The lowest BCUT2D eigenvalue weighted by atomic mass is 10.0. The smallest absolute Gasteiger partial charge is 0.120 e. The van der Waals surface area contributed by atoms with Gasteiger partial charge in [0.2, 0.25) is 0 Å². The molecule has 0 spiro atoms. The van der Waals surface area contributed by atoms with Crippen LogP contribution in [-0.4, -0.2) is 6.29 Å². The molecule has 0 fully saturated rings. The van der Waals surface area contributed by atoms with Gasteiger partial charge in [-0.1, -0.05) is 51.2 Å². The van der Waals surface area contributed by atoms with Crippen LogP contribution >= 0.6 is 0 Å². The standard InChI is InChI=1S/C16H30O/c1-4-5-6-7-8-10-15(2)11-9-12-16(3)13-14-17/h11,14,16H,4-10,12-13H2,1-3H3/b15-11-. The molecule has 0 aliphatic carbocycles. The van der Waals surface area contributed by atoms with Crippen LogP contribution in [0.25, 0.3) is 0 Å². The van der Waals surface area contributed by atoms with Crippen LogP contribution in [0.5, 0.6) is 0 Å². The highest BCUT2D eigenvalue weighted by Crippen LogP contribution is 2.14. The van der Waals surface area contributed by atoms with Crippen molar-refractivity contribution in [2.24, 2.45) is 5.92 Å². The molecule has 1 unspecified atom stereocenters. The molecule has 100 valence electrons. The monoisotopic (exact) mass is 238 g/mol. The van der Waals surface area contributed by atoms with Crippen LogP contribution in [-0.2, 0) is 4.79 Å². The number of carbonyl (C=O) groups is 1. The zero-order valence-electron chi connectivity index (χ0n) is 12.0. The van der Waals surface area contributed by atoms with Crippen LogP contribution in [0.15, 0.2) is 11.6 Å². The fourth-order valence-electron chi connectivity index (χ4n) is 2.01. The average Bonchev–Trinajstić information content (AvgIpc) is 2.29. The topological polar surface area (TPSA) is 17.1 Å². The molecule has 0 rings (SSSR count). The SMILES string of the molecule is CCCCCCC/C(C)=C\CCC(C)CC=O. The maximum atomic E-state index is 10.3. The van der Waals surface area contributed by atoms with Crippen LogP contribution in [0.1, 0.15) is 78.6 Å². The Labute approximate surface area is 108 Å². The molecule has 1 atom stereocenters. The summed E-state index contributed by atoms with van der Waals surface area (Å²) in [5, 5.41) is 0. The van der Waals surface area contributed by atoms with E-state index < -0.39 is 0 Å². The van der Waals surface area contributed by atoms with Gasteiger partial charge in [-0.25, -0.2) is 0 Å². The third kappa shape index (κ3) is 11.7. The van der Waals surface area contributed by atoms with Crippen molar-refractivity contribution >= 4 is 6.29 Å². The van der Waals surface area contributed by atoms with Crippen LogP contribution in [0.3, 0.4) is 0 Å². The van der Waals surface area contributed by atoms with Gasteiger partial charge < -0.3 is 4.79 Å². The largest absolute Gasteiger partial charge is 0.303 e. The summed E-state index contributed by atoms with van der Waals surface area (Å²) in [5.41, 5.74) is 1.53. The normalized spacial score (nSPS) is 13.7. The van der Waals surface area contributed by atoms with E-state index in [1.807, 2.05) is 0 Å². The summed E-state index contributed by atoms with van der Waals surface area (Å²) in [6.07, 6.45) is 14.5. The van der Waals surface area contributed by atoms with Gasteiger partial charge in [-0.05, 0) is 38.5 Å². The quantitative estimate of drug-likeness (QED) is 0.271. The summed E-state index contributed by atoms with van der Waals surface area (Å²) >= 11 is 0. The third-order valence-electron chi connectivity index (χ3n) is 3.33. The lowest BCUT2D eigenvalue weighted by molar-refractivity contribution is -0.108. The number of allylic oxidation sites excluding steroid dienone is 2. The molecule has 0 aliphatic rings. The zero-order chi connectivity index (χ0) is 12.9. The summed E-state index contributed by atoms with van der Waals surface area (Å²) in [5.74, 6) is 0.543. The molecule has 0 amide bonds. The van der Waals surface area contributed by atoms with Crippen molar-refractivity contribution in [3.8, 4) is 0 Å². The predicted molar refractivity (Wildman–Crippen MR) is 76.2 cm³/mol. The van der Waals surface area contributed by atoms with Gasteiger partial charge in [0.1, 0.15) is 6.29 Å². The fourth-order valence-corrected chi connectivity index (χ4v) is 2.01. The molecule has 0 aromatic rings. The Hall–Kier alpha value is -0.590. The van der Waals surface area contributed by atoms with Crippen molar-refractivity contribution in [1.82, 2.24) is 0 Å². The molecule has 0 heterocycles. The molecule has 0 saturated carbocycles. The van der Waals surface area contributed by atoms with E-state index in [4.69, 9.17) is 0 Å². The van der Waals surface area contributed by atoms with Gasteiger partial charge in [0.15, 0.2) is 0 Å². The van der Waals surface area contributed by atoms with Gasteiger partial charge in [0.05, 0.1) is 0 Å². The van der Waals surface area contributed by atoms with Crippen LogP contribution in [0.2, 0.25) is 0 Å². The highest BCUT2D eigenvalue weighted by molar-refractivity contribution is 5.49. The fraction of sp³-hybridized carbons (Fsp3) is 0.812. The van der Waals surface area contributed by atoms with Crippen LogP contribution < -0.4 is 0 Å². The number of carbonyl (C=O) groups excluding carboxylic acids is 1. The highest BCUT2D eigenvalue weighted by Gasteiger charge is 1.99. The molecule has 0 radical (unpaired) electrons. The van der Waals surface area contributed by atoms with Crippen molar-refractivity contribution in [2.75, 3.05) is 0 Å². The number of aldehydes is 1. The van der Waals surface area contributed by atoms with Gasteiger partial charge in [0.25, 0.3) is 0 Å². The Morgan fingerprint density at radius 2 is 1.88 bits per heavy atom. The van der Waals surface area contributed by atoms with Crippen molar-refractivity contribution < 1.29 is 4.79 Å². The molecule has 0 aromatic heterocycles. The number of hydrogen-bond donors (Lipinski definition) is 0. The molecule has 0 saturated heterocycles. The Morgan fingerprint density at radius 3 is 2.53 bits per heavy atom. The van der Waals surface area contributed by atoms with E-state index in [1.165, 1.54) is 44.1 Å². The second kappa shape index (κ2) is 11.9. The molecule has 0 N–H and O–H groups in total.